The summed E-state index contributed by atoms with van der Waals surface area (Å²) in [5.74, 6) is -3.62. The first-order valence-corrected chi connectivity index (χ1v) is 7.73. The van der Waals surface area contributed by atoms with Crippen molar-refractivity contribution in [3.63, 3.8) is 0 Å². The van der Waals surface area contributed by atoms with E-state index in [9.17, 15) is 23.2 Å². The van der Waals surface area contributed by atoms with Gasteiger partial charge in [0.25, 0.3) is 5.91 Å². The van der Waals surface area contributed by atoms with Gasteiger partial charge in [0, 0.05) is 12.0 Å². The van der Waals surface area contributed by atoms with Crippen molar-refractivity contribution in [3.8, 4) is 0 Å². The summed E-state index contributed by atoms with van der Waals surface area (Å²) in [6, 6.07) is 2.29. The highest BCUT2D eigenvalue weighted by molar-refractivity contribution is 6.22. The van der Waals surface area contributed by atoms with Gasteiger partial charge in [-0.25, -0.2) is 13.7 Å². The molecule has 0 aliphatic carbocycles. The number of hydrogen-bond acceptors (Lipinski definition) is 4. The molecule has 1 aromatic carbocycles. The van der Waals surface area contributed by atoms with Gasteiger partial charge in [-0.15, -0.1) is 0 Å². The number of carbonyl (C=O) groups excluding carboxylic acids is 3. The average Bonchev–Trinajstić information content (AvgIpc) is 2.85. The molecule has 0 aromatic heterocycles. The number of nitrogens with zero attached hydrogens (tertiary/aromatic N) is 2. The fraction of sp³-hybridized carbons (Fsp3) is 0.438. The van der Waals surface area contributed by atoms with E-state index in [0.29, 0.717) is 25.9 Å². The molecule has 2 aliphatic heterocycles. The lowest BCUT2D eigenvalue weighted by molar-refractivity contribution is -0.124. The van der Waals surface area contributed by atoms with E-state index in [-0.39, 0.29) is 23.9 Å². The van der Waals surface area contributed by atoms with Gasteiger partial charge in [-0.1, -0.05) is 0 Å². The lowest BCUT2D eigenvalue weighted by Crippen LogP contribution is -2.47. The Bertz CT molecular complexity index is 702. The Kier molecular flexibility index (Phi) is 4.31. The van der Waals surface area contributed by atoms with E-state index in [2.05, 4.69) is 0 Å². The molecule has 0 radical (unpaired) electrons. The Morgan fingerprint density at radius 3 is 2.38 bits per heavy atom. The van der Waals surface area contributed by atoms with Gasteiger partial charge in [0.05, 0.1) is 18.2 Å². The highest BCUT2D eigenvalue weighted by Crippen LogP contribution is 2.29. The van der Waals surface area contributed by atoms with Crippen molar-refractivity contribution in [3.05, 3.63) is 29.8 Å². The van der Waals surface area contributed by atoms with E-state index in [1.165, 1.54) is 6.07 Å². The molecular weight excluding hydrogens is 320 g/mol. The van der Waals surface area contributed by atoms with E-state index in [1.807, 2.05) is 4.90 Å². The largest absolute Gasteiger partial charge is 0.369 e. The number of amides is 3. The van der Waals surface area contributed by atoms with E-state index in [4.69, 9.17) is 5.73 Å². The molecule has 1 aromatic rings. The first-order valence-electron chi connectivity index (χ1n) is 7.73. The predicted octanol–water partition coefficient (Wildman–Crippen LogP) is 0.794. The third kappa shape index (κ3) is 2.89. The molecule has 0 saturated carbocycles. The molecule has 2 heterocycles. The quantitative estimate of drug-likeness (QED) is 0.827. The molecule has 3 amide bonds. The standard InChI is InChI=1S/C16H17F2N3O3/c17-11-2-1-10(7-12(11)18)21-14(22)8-13(16(21)24)20-5-3-9(4-6-20)15(19)23/h1-2,7,9,13H,3-6,8H2,(H2,19,23). The number of anilines is 1. The van der Waals surface area contributed by atoms with Gasteiger partial charge in [0.2, 0.25) is 11.8 Å². The zero-order chi connectivity index (χ0) is 17.4. The van der Waals surface area contributed by atoms with Gasteiger partial charge in [-0.05, 0) is 38.1 Å². The van der Waals surface area contributed by atoms with Crippen LogP contribution in [0.1, 0.15) is 19.3 Å². The Balaban J connectivity index is 1.75. The maximum absolute atomic E-state index is 13.4. The summed E-state index contributed by atoms with van der Waals surface area (Å²) in [5.41, 5.74) is 5.31. The van der Waals surface area contributed by atoms with Gasteiger partial charge < -0.3 is 5.73 Å². The number of imide groups is 1. The Hall–Kier alpha value is -2.35. The number of piperidine rings is 1. The monoisotopic (exact) mass is 337 g/mol. The first kappa shape index (κ1) is 16.5. The molecule has 3 rings (SSSR count). The molecule has 2 N–H and O–H groups in total. The zero-order valence-electron chi connectivity index (χ0n) is 12.9. The van der Waals surface area contributed by atoms with Crippen molar-refractivity contribution >= 4 is 23.4 Å². The van der Waals surface area contributed by atoms with Crippen LogP contribution in [0.3, 0.4) is 0 Å². The van der Waals surface area contributed by atoms with Crippen molar-refractivity contribution in [2.75, 3.05) is 18.0 Å². The van der Waals surface area contributed by atoms with E-state index >= 15 is 0 Å². The van der Waals surface area contributed by atoms with E-state index in [1.54, 1.807) is 0 Å². The molecule has 1 atom stereocenters. The topological polar surface area (TPSA) is 83.7 Å². The minimum absolute atomic E-state index is 0.0148. The smallest absolute Gasteiger partial charge is 0.251 e. The van der Waals surface area contributed by atoms with Gasteiger partial charge in [0.15, 0.2) is 11.6 Å². The van der Waals surface area contributed by atoms with Crippen LogP contribution < -0.4 is 10.6 Å². The maximum atomic E-state index is 13.4. The first-order chi connectivity index (χ1) is 11.4. The van der Waals surface area contributed by atoms with Crippen molar-refractivity contribution in [1.82, 2.24) is 4.90 Å². The number of carbonyl (C=O) groups is 3. The lowest BCUT2D eigenvalue weighted by Gasteiger charge is -2.33. The van der Waals surface area contributed by atoms with Gasteiger partial charge in [-0.2, -0.15) is 0 Å². The van der Waals surface area contributed by atoms with Gasteiger partial charge in [0.1, 0.15) is 0 Å². The number of halogens is 2. The second kappa shape index (κ2) is 6.27. The fourth-order valence-electron chi connectivity index (χ4n) is 3.29. The number of primary amides is 1. The summed E-state index contributed by atoms with van der Waals surface area (Å²) < 4.78 is 26.4. The average molecular weight is 337 g/mol. The van der Waals surface area contributed by atoms with Crippen LogP contribution in [0.2, 0.25) is 0 Å². The molecule has 0 bridgehead atoms. The van der Waals surface area contributed by atoms with E-state index in [0.717, 1.165) is 17.0 Å². The number of hydrogen-bond donors (Lipinski definition) is 1. The normalized spacial score (nSPS) is 23.1. The van der Waals surface area contributed by atoms with Crippen molar-refractivity contribution < 1.29 is 23.2 Å². The summed E-state index contributed by atoms with van der Waals surface area (Å²) in [7, 11) is 0. The summed E-state index contributed by atoms with van der Waals surface area (Å²) in [5, 5.41) is 0. The summed E-state index contributed by atoms with van der Waals surface area (Å²) in [4.78, 5) is 38.7. The summed E-state index contributed by atoms with van der Waals surface area (Å²) >= 11 is 0. The molecule has 2 saturated heterocycles. The summed E-state index contributed by atoms with van der Waals surface area (Å²) in [6.07, 6.45) is 1.07. The molecule has 24 heavy (non-hydrogen) atoms. The highest BCUT2D eigenvalue weighted by Gasteiger charge is 2.43. The molecule has 1 unspecified atom stereocenters. The van der Waals surface area contributed by atoms with Crippen molar-refractivity contribution in [2.24, 2.45) is 11.7 Å². The second-order valence-corrected chi connectivity index (χ2v) is 6.10. The zero-order valence-corrected chi connectivity index (χ0v) is 12.9. The Morgan fingerprint density at radius 2 is 1.79 bits per heavy atom. The van der Waals surface area contributed by atoms with Crippen LogP contribution in [0, 0.1) is 17.6 Å². The van der Waals surface area contributed by atoms with Gasteiger partial charge in [-0.3, -0.25) is 19.3 Å². The molecule has 2 aliphatic rings. The lowest BCUT2D eigenvalue weighted by atomic mass is 9.95. The van der Waals surface area contributed by atoms with Crippen molar-refractivity contribution in [1.29, 1.82) is 0 Å². The molecule has 128 valence electrons. The molecule has 6 nitrogen and oxygen atoms in total. The second-order valence-electron chi connectivity index (χ2n) is 6.10. The predicted molar refractivity (Wildman–Crippen MR) is 80.7 cm³/mol. The van der Waals surface area contributed by atoms with Gasteiger partial charge >= 0.3 is 0 Å². The summed E-state index contributed by atoms with van der Waals surface area (Å²) in [6.45, 7) is 0.978. The number of likely N-dealkylation sites (tertiary alicyclic amines) is 1. The molecule has 0 spiro atoms. The van der Waals surface area contributed by atoms with Crippen molar-refractivity contribution in [2.45, 2.75) is 25.3 Å². The number of nitrogens with two attached hydrogens (primary N) is 1. The number of benzene rings is 1. The van der Waals surface area contributed by atoms with Crippen LogP contribution in [0.25, 0.3) is 0 Å². The third-order valence-electron chi connectivity index (χ3n) is 4.66. The maximum Gasteiger partial charge on any atom is 0.251 e. The molecular formula is C16H17F2N3O3. The Morgan fingerprint density at radius 1 is 1.12 bits per heavy atom. The Labute approximate surface area is 137 Å². The molecule has 8 heteroatoms. The number of rotatable bonds is 3. The molecule has 2 fully saturated rings. The minimum Gasteiger partial charge on any atom is -0.369 e. The van der Waals surface area contributed by atoms with Crippen LogP contribution in [-0.4, -0.2) is 41.8 Å². The minimum atomic E-state index is -1.11. The van der Waals surface area contributed by atoms with Crippen LogP contribution in [0.15, 0.2) is 18.2 Å². The van der Waals surface area contributed by atoms with Crippen LogP contribution in [0.4, 0.5) is 14.5 Å². The van der Waals surface area contributed by atoms with Crippen LogP contribution >= 0.6 is 0 Å². The fourth-order valence-corrected chi connectivity index (χ4v) is 3.29. The van der Waals surface area contributed by atoms with Crippen LogP contribution in [-0.2, 0) is 14.4 Å². The highest BCUT2D eigenvalue weighted by atomic mass is 19.2. The van der Waals surface area contributed by atoms with Crippen LogP contribution in [0.5, 0.6) is 0 Å². The van der Waals surface area contributed by atoms with E-state index < -0.39 is 29.5 Å². The SMILES string of the molecule is NC(=O)C1CCN(C2CC(=O)N(c3ccc(F)c(F)c3)C2=O)CC1. The third-order valence-corrected chi connectivity index (χ3v) is 4.66.